The van der Waals surface area contributed by atoms with Crippen molar-refractivity contribution in [1.82, 2.24) is 9.34 Å². The highest BCUT2D eigenvalue weighted by Crippen LogP contribution is 2.68. The van der Waals surface area contributed by atoms with E-state index in [0.29, 0.717) is 17.7 Å². The Bertz CT molecular complexity index is 285. The van der Waals surface area contributed by atoms with Gasteiger partial charge in [0.05, 0.1) is 0 Å². The van der Waals surface area contributed by atoms with Gasteiger partial charge in [-0.25, -0.2) is 9.34 Å². The minimum absolute atomic E-state index is 0.334. The molecule has 2 unspecified atom stereocenters. The highest BCUT2D eigenvalue weighted by molar-refractivity contribution is 7.60. The van der Waals surface area contributed by atoms with Crippen molar-refractivity contribution >= 4 is 7.44 Å². The maximum Gasteiger partial charge on any atom is 0.219 e. The second-order valence-electron chi connectivity index (χ2n) is 5.21. The van der Waals surface area contributed by atoms with Gasteiger partial charge < -0.3 is 0 Å². The summed E-state index contributed by atoms with van der Waals surface area (Å²) in [5.41, 5.74) is 0.334. The maximum atomic E-state index is 13.3. The van der Waals surface area contributed by atoms with E-state index in [0.717, 1.165) is 32.4 Å². The topological polar surface area (TPSA) is 23.1 Å². The number of nitrogens with zero attached hydrogens (tertiary/aromatic N) is 2. The van der Waals surface area contributed by atoms with Gasteiger partial charge in [-0.1, -0.05) is 27.7 Å². The van der Waals surface area contributed by atoms with E-state index in [-0.39, 0.29) is 0 Å². The highest BCUT2D eigenvalue weighted by atomic mass is 31.2. The molecule has 0 saturated carbocycles. The maximum absolute atomic E-state index is 13.3. The lowest BCUT2D eigenvalue weighted by atomic mass is 10.4. The van der Waals surface area contributed by atoms with Gasteiger partial charge >= 0.3 is 0 Å². The van der Waals surface area contributed by atoms with Crippen molar-refractivity contribution < 1.29 is 4.57 Å². The molecule has 0 aliphatic carbocycles. The summed E-state index contributed by atoms with van der Waals surface area (Å²) >= 11 is 0. The number of hydrogen-bond acceptors (Lipinski definition) is 1. The number of rotatable bonds is 6. The van der Waals surface area contributed by atoms with Crippen LogP contribution in [-0.2, 0) is 4.57 Å². The predicted molar refractivity (Wildman–Crippen MR) is 68.9 cm³/mol. The fourth-order valence-corrected chi connectivity index (χ4v) is 6.50. The second-order valence-corrected chi connectivity index (χ2v) is 8.30. The molecule has 2 rings (SSSR count). The second kappa shape index (κ2) is 4.44. The van der Waals surface area contributed by atoms with Gasteiger partial charge in [0.2, 0.25) is 7.44 Å². The lowest BCUT2D eigenvalue weighted by Crippen LogP contribution is -2.18. The van der Waals surface area contributed by atoms with Crippen LogP contribution < -0.4 is 0 Å². The Morgan fingerprint density at radius 3 is 1.81 bits per heavy atom. The molecule has 0 aromatic carbocycles. The van der Waals surface area contributed by atoms with Crippen molar-refractivity contribution in [3.63, 3.8) is 0 Å². The van der Waals surface area contributed by atoms with Crippen molar-refractivity contribution in [3.05, 3.63) is 0 Å². The summed E-state index contributed by atoms with van der Waals surface area (Å²) in [6.45, 7) is 10.8. The van der Waals surface area contributed by atoms with Crippen LogP contribution >= 0.6 is 7.44 Å². The van der Waals surface area contributed by atoms with Gasteiger partial charge in [-0.05, 0) is 19.3 Å². The molecule has 0 radical (unpaired) electrons. The molecule has 0 spiro atoms. The first-order valence-corrected chi connectivity index (χ1v) is 8.41. The molecule has 2 saturated heterocycles. The molecular weight excluding hydrogens is 219 g/mol. The van der Waals surface area contributed by atoms with E-state index in [2.05, 4.69) is 37.0 Å². The lowest BCUT2D eigenvalue weighted by molar-refractivity contribution is 0.482. The van der Waals surface area contributed by atoms with E-state index in [1.807, 2.05) is 0 Å². The summed E-state index contributed by atoms with van der Waals surface area (Å²) in [7, 11) is -2.21. The van der Waals surface area contributed by atoms with Gasteiger partial charge in [0.15, 0.2) is 0 Å². The smallest absolute Gasteiger partial charge is 0.219 e. The average molecular weight is 244 g/mol. The molecule has 2 fully saturated rings. The van der Waals surface area contributed by atoms with Crippen LogP contribution in [0.1, 0.15) is 47.0 Å². The van der Waals surface area contributed by atoms with Gasteiger partial charge in [0.25, 0.3) is 0 Å². The van der Waals surface area contributed by atoms with Crippen LogP contribution in [0.25, 0.3) is 0 Å². The van der Waals surface area contributed by atoms with Crippen LogP contribution in [0, 0.1) is 0 Å². The molecule has 2 aliphatic heterocycles. The Morgan fingerprint density at radius 1 is 1.12 bits per heavy atom. The average Bonchev–Trinajstić information content (AvgIpc) is 3.18. The fourth-order valence-electron chi connectivity index (χ4n) is 2.61. The quantitative estimate of drug-likeness (QED) is 0.529. The van der Waals surface area contributed by atoms with Crippen LogP contribution in [0.2, 0.25) is 0 Å². The molecule has 0 aromatic heterocycles. The Labute approximate surface area is 99.7 Å². The van der Waals surface area contributed by atoms with Crippen molar-refractivity contribution in [1.29, 1.82) is 0 Å². The normalized spacial score (nSPS) is 42.5. The van der Waals surface area contributed by atoms with Gasteiger partial charge in [0, 0.05) is 30.8 Å². The van der Waals surface area contributed by atoms with E-state index < -0.39 is 7.44 Å². The first-order valence-electron chi connectivity index (χ1n) is 6.73. The summed E-state index contributed by atoms with van der Waals surface area (Å²) in [4.78, 5) is 0. The van der Waals surface area contributed by atoms with Gasteiger partial charge in [0.1, 0.15) is 0 Å². The van der Waals surface area contributed by atoms with Crippen LogP contribution in [0.15, 0.2) is 0 Å². The molecule has 3 nitrogen and oxygen atoms in total. The zero-order chi connectivity index (χ0) is 11.9. The van der Waals surface area contributed by atoms with E-state index >= 15 is 0 Å². The Morgan fingerprint density at radius 2 is 1.56 bits per heavy atom. The molecule has 0 bridgehead atoms. The van der Waals surface area contributed by atoms with Crippen molar-refractivity contribution in [2.24, 2.45) is 0 Å². The first kappa shape index (κ1) is 12.6. The molecule has 2 heterocycles. The predicted octanol–water partition coefficient (Wildman–Crippen LogP) is 3.17. The third kappa shape index (κ3) is 1.87. The van der Waals surface area contributed by atoms with Crippen molar-refractivity contribution in [3.8, 4) is 0 Å². The first-order chi connectivity index (χ1) is 7.59. The van der Waals surface area contributed by atoms with E-state index in [4.69, 9.17) is 0 Å². The minimum atomic E-state index is -2.21. The van der Waals surface area contributed by atoms with Crippen molar-refractivity contribution in [2.45, 2.75) is 64.7 Å². The molecule has 5 atom stereocenters. The molecule has 4 heteroatoms. The van der Waals surface area contributed by atoms with E-state index in [9.17, 15) is 4.57 Å². The summed E-state index contributed by atoms with van der Waals surface area (Å²) < 4.78 is 17.8. The Balaban J connectivity index is 2.12. The molecule has 0 amide bonds. The standard InChI is InChI=1S/C12H25N2OP/c1-5-10(4)16(15,13-8-11(13)6-2)14-9-12(14)7-3/h10-12H,5-9H2,1-4H3/t10-,11+,12+,13?,14?,16?/m0/s1. The van der Waals surface area contributed by atoms with Gasteiger partial charge in [-0.3, -0.25) is 4.57 Å². The van der Waals surface area contributed by atoms with Crippen LogP contribution in [0.4, 0.5) is 0 Å². The molecule has 0 aromatic rings. The summed E-state index contributed by atoms with van der Waals surface area (Å²) in [5.74, 6) is 0. The van der Waals surface area contributed by atoms with Gasteiger partial charge in [-0.15, -0.1) is 0 Å². The van der Waals surface area contributed by atoms with E-state index in [1.165, 1.54) is 0 Å². The minimum Gasteiger partial charge on any atom is -0.288 e. The molecule has 16 heavy (non-hydrogen) atoms. The van der Waals surface area contributed by atoms with E-state index in [1.54, 1.807) is 0 Å². The molecule has 0 N–H and O–H groups in total. The Hall–Kier alpha value is 0.150. The van der Waals surface area contributed by atoms with Gasteiger partial charge in [-0.2, -0.15) is 0 Å². The zero-order valence-corrected chi connectivity index (χ0v) is 11.9. The SMILES string of the molecule is CC[C@@H]1CN1P(=O)([C@@H](C)CC)N1C[C@H]1CC. The zero-order valence-electron chi connectivity index (χ0n) is 11.0. The van der Waals surface area contributed by atoms with Crippen LogP contribution in [0.5, 0.6) is 0 Å². The molecular formula is C12H25N2OP. The summed E-state index contributed by atoms with van der Waals surface area (Å²) in [5, 5.41) is 0. The molecule has 2 aliphatic rings. The third-order valence-electron chi connectivity index (χ3n) is 4.22. The third-order valence-corrected chi connectivity index (χ3v) is 8.18. The van der Waals surface area contributed by atoms with Crippen LogP contribution in [-0.4, -0.2) is 40.2 Å². The molecule has 94 valence electrons. The number of hydrogen-bond donors (Lipinski definition) is 0. The summed E-state index contributed by atoms with van der Waals surface area (Å²) in [6.07, 6.45) is 3.31. The van der Waals surface area contributed by atoms with Crippen molar-refractivity contribution in [2.75, 3.05) is 13.1 Å². The van der Waals surface area contributed by atoms with Crippen LogP contribution in [0.3, 0.4) is 0 Å². The fraction of sp³-hybridized carbons (Fsp3) is 1.00. The lowest BCUT2D eigenvalue weighted by Gasteiger charge is -2.27. The summed E-state index contributed by atoms with van der Waals surface area (Å²) in [6, 6.07) is 1.19. The largest absolute Gasteiger partial charge is 0.288 e. The Kier molecular flexibility index (Phi) is 3.49. The monoisotopic (exact) mass is 244 g/mol. The highest BCUT2D eigenvalue weighted by Gasteiger charge is 2.57.